The maximum Gasteiger partial charge on any atom is 0.221 e. The van der Waals surface area contributed by atoms with Crippen LogP contribution in [0, 0.1) is 11.2 Å². The number of benzene rings is 2. The largest absolute Gasteiger partial charge is 0.504 e. The number of nitrogens with zero attached hydrogens (tertiary/aromatic N) is 4. The molecule has 0 atom stereocenters. The van der Waals surface area contributed by atoms with Crippen molar-refractivity contribution in [2.75, 3.05) is 45.2 Å². The number of fused-ring (bicyclic) bond motifs is 1. The summed E-state index contributed by atoms with van der Waals surface area (Å²) >= 11 is 0. The Kier molecular flexibility index (Phi) is 4.35. The monoisotopic (exact) mass is 445 g/mol. The molecule has 4 heterocycles. The number of phenols is 1. The highest BCUT2D eigenvalue weighted by Gasteiger charge is 2.50. The molecule has 2 N–H and O–H groups in total. The van der Waals surface area contributed by atoms with Gasteiger partial charge in [-0.15, -0.1) is 0 Å². The van der Waals surface area contributed by atoms with Crippen molar-refractivity contribution in [3.8, 4) is 34.1 Å². The number of anilines is 1. The molecule has 0 aliphatic carbocycles. The first-order chi connectivity index (χ1) is 15.9. The Bertz CT molecular complexity index is 1370. The lowest BCUT2D eigenvalue weighted by Gasteiger charge is -2.60. The second kappa shape index (κ2) is 7.18. The molecule has 2 fully saturated rings. The van der Waals surface area contributed by atoms with Crippen molar-refractivity contribution in [3.63, 3.8) is 0 Å². The molecule has 0 amide bonds. The molecular weight excluding hydrogens is 421 g/mol. The second-order valence-corrected chi connectivity index (χ2v) is 9.23. The zero-order valence-corrected chi connectivity index (χ0v) is 18.5. The zero-order valence-electron chi connectivity index (χ0n) is 18.5. The lowest BCUT2D eigenvalue weighted by atomic mass is 9.73. The van der Waals surface area contributed by atoms with Gasteiger partial charge in [-0.2, -0.15) is 0 Å². The number of halogens is 1. The number of rotatable bonds is 4. The first-order valence-electron chi connectivity index (χ1n) is 10.9. The van der Waals surface area contributed by atoms with Crippen LogP contribution in [0.1, 0.15) is 0 Å². The van der Waals surface area contributed by atoms with Crippen LogP contribution in [0.3, 0.4) is 0 Å². The summed E-state index contributed by atoms with van der Waals surface area (Å²) in [6.07, 6.45) is 1.61. The molecule has 1 spiro atoms. The number of hydrogen-bond donors (Lipinski definition) is 2. The number of H-pyrrole nitrogens is 1. The van der Waals surface area contributed by atoms with E-state index in [9.17, 15) is 9.50 Å². The van der Waals surface area contributed by atoms with Gasteiger partial charge in [0.05, 0.1) is 23.7 Å². The number of pyridine rings is 1. The van der Waals surface area contributed by atoms with E-state index in [0.29, 0.717) is 28.2 Å². The average Bonchev–Trinajstić information content (AvgIpc) is 3.20. The predicted octanol–water partition coefficient (Wildman–Crippen LogP) is 3.90. The zero-order chi connectivity index (χ0) is 22.7. The minimum Gasteiger partial charge on any atom is -0.504 e. The molecule has 7 nitrogen and oxygen atoms in total. The van der Waals surface area contributed by atoms with Crippen LogP contribution in [0.2, 0.25) is 0 Å². The lowest BCUT2D eigenvalue weighted by Crippen LogP contribution is -2.71. The molecule has 6 rings (SSSR count). The molecule has 168 valence electrons. The van der Waals surface area contributed by atoms with E-state index in [4.69, 9.17) is 4.74 Å². The number of methoxy groups -OCH3 is 1. The van der Waals surface area contributed by atoms with Crippen LogP contribution >= 0.6 is 0 Å². The highest BCUT2D eigenvalue weighted by Crippen LogP contribution is 2.42. The van der Waals surface area contributed by atoms with Gasteiger partial charge in [0.1, 0.15) is 5.82 Å². The Morgan fingerprint density at radius 3 is 2.67 bits per heavy atom. The van der Waals surface area contributed by atoms with Crippen molar-refractivity contribution >= 4 is 16.7 Å². The summed E-state index contributed by atoms with van der Waals surface area (Å²) in [5.41, 5.74) is 4.64. The number of phenolic OH excluding ortho intramolecular Hbond substituents is 1. The third-order valence-corrected chi connectivity index (χ3v) is 6.69. The molecule has 2 aromatic carbocycles. The topological polar surface area (TPSA) is 77.5 Å². The molecular formula is C25H24FN5O2. The number of imidazole rings is 1. The van der Waals surface area contributed by atoms with E-state index in [0.717, 1.165) is 42.9 Å². The van der Waals surface area contributed by atoms with Crippen LogP contribution in [-0.2, 0) is 0 Å². The fourth-order valence-corrected chi connectivity index (χ4v) is 5.27. The van der Waals surface area contributed by atoms with E-state index in [1.54, 1.807) is 24.4 Å². The van der Waals surface area contributed by atoms with Crippen molar-refractivity contribution in [2.24, 2.45) is 5.41 Å². The second-order valence-electron chi connectivity index (χ2n) is 9.23. The minimum atomic E-state index is -0.731. The Morgan fingerprint density at radius 2 is 1.91 bits per heavy atom. The van der Waals surface area contributed by atoms with Gasteiger partial charge in [0, 0.05) is 49.0 Å². The number of nitrogens with one attached hydrogen (secondary N) is 1. The number of aromatic amines is 1. The Labute approximate surface area is 190 Å². The molecule has 2 aliphatic heterocycles. The van der Waals surface area contributed by atoms with Gasteiger partial charge in [-0.25, -0.2) is 14.4 Å². The fourth-order valence-electron chi connectivity index (χ4n) is 5.27. The Hall–Kier alpha value is -3.65. The third-order valence-electron chi connectivity index (χ3n) is 6.69. The third kappa shape index (κ3) is 3.21. The Balaban J connectivity index is 1.35. The van der Waals surface area contributed by atoms with Crippen LogP contribution in [0.15, 0.2) is 48.7 Å². The quantitative estimate of drug-likeness (QED) is 0.496. The molecule has 0 radical (unpaired) electrons. The summed E-state index contributed by atoms with van der Waals surface area (Å²) in [7, 11) is 3.67. The maximum atomic E-state index is 14.7. The van der Waals surface area contributed by atoms with Gasteiger partial charge in [0.15, 0.2) is 11.6 Å². The summed E-state index contributed by atoms with van der Waals surface area (Å²) in [6, 6.07) is 12.6. The molecule has 0 unspecified atom stereocenters. The molecule has 4 aromatic rings. The van der Waals surface area contributed by atoms with E-state index in [-0.39, 0.29) is 5.56 Å². The highest BCUT2D eigenvalue weighted by molar-refractivity contribution is 5.85. The normalized spacial score (nSPS) is 17.2. The van der Waals surface area contributed by atoms with Gasteiger partial charge in [-0.05, 0) is 55.1 Å². The summed E-state index contributed by atoms with van der Waals surface area (Å²) in [4.78, 5) is 16.8. The minimum absolute atomic E-state index is 0.286. The van der Waals surface area contributed by atoms with Crippen LogP contribution in [0.4, 0.5) is 10.1 Å². The number of aromatic hydroxyl groups is 1. The average molecular weight is 445 g/mol. The molecule has 0 saturated carbocycles. The van der Waals surface area contributed by atoms with Crippen LogP contribution in [0.5, 0.6) is 11.6 Å². The molecule has 0 bridgehead atoms. The van der Waals surface area contributed by atoms with Crippen molar-refractivity contribution in [3.05, 3.63) is 54.5 Å². The SMILES string of the molecule is COc1ncccc1-c1cc(F)c(O)c(-c2nc3cc(N4CC5(CN(C)C5)C4)ccc3[nH]2)c1. The van der Waals surface area contributed by atoms with Crippen molar-refractivity contribution in [1.29, 1.82) is 0 Å². The molecule has 2 saturated heterocycles. The van der Waals surface area contributed by atoms with Gasteiger partial charge in [-0.1, -0.05) is 0 Å². The predicted molar refractivity (Wildman–Crippen MR) is 125 cm³/mol. The van der Waals surface area contributed by atoms with E-state index in [1.165, 1.54) is 13.2 Å². The number of ether oxygens (including phenoxy) is 1. The molecule has 2 aromatic heterocycles. The molecule has 2 aliphatic rings. The van der Waals surface area contributed by atoms with E-state index in [1.807, 2.05) is 12.1 Å². The fraction of sp³-hybridized carbons (Fsp3) is 0.280. The van der Waals surface area contributed by atoms with Gasteiger partial charge >= 0.3 is 0 Å². The van der Waals surface area contributed by atoms with Crippen molar-refractivity contribution < 1.29 is 14.2 Å². The van der Waals surface area contributed by atoms with E-state index >= 15 is 0 Å². The summed E-state index contributed by atoms with van der Waals surface area (Å²) < 4.78 is 20.0. The first-order valence-corrected chi connectivity index (χ1v) is 10.9. The maximum absolute atomic E-state index is 14.7. The van der Waals surface area contributed by atoms with Crippen LogP contribution < -0.4 is 9.64 Å². The van der Waals surface area contributed by atoms with E-state index < -0.39 is 11.6 Å². The summed E-state index contributed by atoms with van der Waals surface area (Å²) in [5.74, 6) is -0.387. The smallest absolute Gasteiger partial charge is 0.221 e. The number of likely N-dealkylation sites (tertiary alicyclic amines) is 1. The van der Waals surface area contributed by atoms with Gasteiger partial charge in [-0.3, -0.25) is 0 Å². The van der Waals surface area contributed by atoms with Gasteiger partial charge in [0.2, 0.25) is 5.88 Å². The first kappa shape index (κ1) is 20.0. The Morgan fingerprint density at radius 1 is 1.09 bits per heavy atom. The molecule has 33 heavy (non-hydrogen) atoms. The molecule has 8 heteroatoms. The summed E-state index contributed by atoms with van der Waals surface area (Å²) in [5, 5.41) is 10.5. The number of aromatic nitrogens is 3. The van der Waals surface area contributed by atoms with Crippen LogP contribution in [0.25, 0.3) is 33.5 Å². The van der Waals surface area contributed by atoms with Crippen LogP contribution in [-0.4, -0.2) is 65.3 Å². The number of hydrogen-bond acceptors (Lipinski definition) is 6. The lowest BCUT2D eigenvalue weighted by molar-refractivity contribution is -0.00237. The van der Waals surface area contributed by atoms with E-state index in [2.05, 4.69) is 37.9 Å². The summed E-state index contributed by atoms with van der Waals surface area (Å²) in [6.45, 7) is 4.42. The van der Waals surface area contributed by atoms with Gasteiger partial charge < -0.3 is 24.6 Å². The van der Waals surface area contributed by atoms with Crippen molar-refractivity contribution in [1.82, 2.24) is 19.9 Å². The van der Waals surface area contributed by atoms with Gasteiger partial charge in [0.25, 0.3) is 0 Å². The van der Waals surface area contributed by atoms with Crippen molar-refractivity contribution in [2.45, 2.75) is 0 Å². The standard InChI is InChI=1S/C25H24FN5O2/c1-30-11-25(12-30)13-31(14-25)16-5-6-20-21(10-16)29-23(28-20)18-8-15(9-19(26)22(18)32)17-4-3-7-27-24(17)33-2/h3-10,32H,11-14H2,1-2H3,(H,28,29). The highest BCUT2D eigenvalue weighted by atomic mass is 19.1.